The maximum absolute atomic E-state index is 6.78. The molecule has 4 heterocycles. The van der Waals surface area contributed by atoms with E-state index in [-0.39, 0.29) is 47.5 Å². The molecule has 4 aliphatic rings. The largest absolute Gasteiger partial charge is 0.505 e. The Bertz CT molecular complexity index is 1740. The van der Waals surface area contributed by atoms with E-state index in [0.29, 0.717) is 0 Å². The SMILES string of the molecule is CCCCCCC1(CCCCCC)c2cc3c(cc2-c2sc(B4OC(C)(C)C(C)(C)O4)cc21)C(CCCCCC)(CCCCCC)c1cc(B2OC(C)(C)C(C)(C)O2)sc1-3. The van der Waals surface area contributed by atoms with Gasteiger partial charge in [0.2, 0.25) is 0 Å². The van der Waals surface area contributed by atoms with Crippen LogP contribution < -0.4 is 9.55 Å². The average Bonchev–Trinajstić information content (AvgIpc) is 4.00. The van der Waals surface area contributed by atoms with Crippen LogP contribution in [-0.2, 0) is 29.4 Å². The maximum atomic E-state index is 6.78. The third-order valence-electron chi connectivity index (χ3n) is 16.0. The van der Waals surface area contributed by atoms with Gasteiger partial charge in [0.15, 0.2) is 0 Å². The van der Waals surface area contributed by atoms with Gasteiger partial charge in [0, 0.05) is 30.1 Å². The van der Waals surface area contributed by atoms with Crippen molar-refractivity contribution in [2.45, 2.75) is 245 Å². The van der Waals surface area contributed by atoms with Gasteiger partial charge in [-0.15, -0.1) is 22.7 Å². The minimum Gasteiger partial charge on any atom is -0.399 e. The van der Waals surface area contributed by atoms with Gasteiger partial charge in [0.25, 0.3) is 0 Å². The lowest BCUT2D eigenvalue weighted by Crippen LogP contribution is -2.41. The van der Waals surface area contributed by atoms with E-state index in [1.165, 1.54) is 159 Å². The summed E-state index contributed by atoms with van der Waals surface area (Å²) < 4.78 is 29.6. The molecule has 2 aliphatic carbocycles. The molecule has 0 N–H and O–H groups in total. The number of hydrogen-bond donors (Lipinski definition) is 0. The number of unbranched alkanes of at least 4 members (excludes halogenated alkanes) is 12. The third-order valence-corrected chi connectivity index (χ3v) is 18.4. The van der Waals surface area contributed by atoms with Crippen molar-refractivity contribution in [3.05, 3.63) is 46.5 Å². The second kappa shape index (κ2) is 18.2. The molecule has 0 saturated carbocycles. The van der Waals surface area contributed by atoms with Crippen LogP contribution in [0.15, 0.2) is 24.3 Å². The molecule has 330 valence electrons. The van der Waals surface area contributed by atoms with Crippen molar-refractivity contribution in [1.29, 1.82) is 0 Å². The highest BCUT2D eigenvalue weighted by molar-refractivity contribution is 7.26. The van der Waals surface area contributed by atoms with Gasteiger partial charge in [-0.1, -0.05) is 130 Å². The zero-order valence-corrected chi connectivity index (χ0v) is 41.7. The Morgan fingerprint density at radius 2 is 0.667 bits per heavy atom. The first-order chi connectivity index (χ1) is 28.5. The second-order valence-corrected chi connectivity index (χ2v) is 23.5. The normalized spacial score (nSPS) is 20.8. The predicted molar refractivity (Wildman–Crippen MR) is 261 cm³/mol. The van der Waals surface area contributed by atoms with Gasteiger partial charge in [0.05, 0.1) is 22.4 Å². The van der Waals surface area contributed by atoms with E-state index in [1.807, 2.05) is 22.7 Å². The van der Waals surface area contributed by atoms with Crippen molar-refractivity contribution >= 4 is 46.5 Å². The fourth-order valence-corrected chi connectivity index (χ4v) is 13.4. The number of rotatable bonds is 22. The molecule has 0 radical (unpaired) electrons. The van der Waals surface area contributed by atoms with Crippen LogP contribution >= 0.6 is 22.7 Å². The van der Waals surface area contributed by atoms with Gasteiger partial charge in [-0.25, -0.2) is 0 Å². The van der Waals surface area contributed by atoms with Crippen molar-refractivity contribution < 1.29 is 18.6 Å². The lowest BCUT2D eigenvalue weighted by atomic mass is 9.68. The average molecular weight is 855 g/mol. The number of fused-ring (bicyclic) bond motifs is 6. The van der Waals surface area contributed by atoms with E-state index in [0.717, 1.165) is 0 Å². The summed E-state index contributed by atoms with van der Waals surface area (Å²) in [6, 6.07) is 10.6. The first kappa shape index (κ1) is 46.6. The van der Waals surface area contributed by atoms with Gasteiger partial charge in [0.1, 0.15) is 0 Å². The zero-order valence-electron chi connectivity index (χ0n) is 40.1. The van der Waals surface area contributed by atoms with Crippen LogP contribution in [0.5, 0.6) is 0 Å². The molecular formula is C52H80B2O4S2. The number of thiophene rings is 2. The summed E-state index contributed by atoms with van der Waals surface area (Å²) in [4.78, 5) is 2.98. The van der Waals surface area contributed by atoms with Crippen LogP contribution in [0.4, 0.5) is 0 Å². The molecule has 3 aromatic rings. The summed E-state index contributed by atoms with van der Waals surface area (Å²) >= 11 is 3.94. The Hall–Kier alpha value is -1.41. The Labute approximate surface area is 375 Å². The van der Waals surface area contributed by atoms with E-state index < -0.39 is 0 Å². The second-order valence-electron chi connectivity index (χ2n) is 21.3. The van der Waals surface area contributed by atoms with Crippen molar-refractivity contribution in [1.82, 2.24) is 0 Å². The molecule has 4 nitrogen and oxygen atoms in total. The Kier molecular flexibility index (Phi) is 14.1. The molecule has 0 bridgehead atoms. The third kappa shape index (κ3) is 8.36. The molecule has 60 heavy (non-hydrogen) atoms. The fraction of sp³-hybridized carbons (Fsp3) is 0.731. The summed E-state index contributed by atoms with van der Waals surface area (Å²) in [7, 11) is -0.670. The molecule has 0 spiro atoms. The highest BCUT2D eigenvalue weighted by Gasteiger charge is 2.56. The van der Waals surface area contributed by atoms with Crippen molar-refractivity contribution in [2.75, 3.05) is 0 Å². The molecule has 0 unspecified atom stereocenters. The Morgan fingerprint density at radius 1 is 0.383 bits per heavy atom. The molecule has 0 atom stereocenters. The molecule has 1 aromatic carbocycles. The molecule has 2 aromatic heterocycles. The van der Waals surface area contributed by atoms with Gasteiger partial charge in [-0.2, -0.15) is 0 Å². The molecule has 2 aliphatic heterocycles. The van der Waals surface area contributed by atoms with Gasteiger partial charge >= 0.3 is 14.2 Å². The molecule has 2 fully saturated rings. The minimum absolute atomic E-state index is 0.0148. The van der Waals surface area contributed by atoms with E-state index >= 15 is 0 Å². The number of hydrogen-bond acceptors (Lipinski definition) is 6. The van der Waals surface area contributed by atoms with Crippen molar-refractivity contribution in [2.24, 2.45) is 0 Å². The van der Waals surface area contributed by atoms with Crippen molar-refractivity contribution in [3.8, 4) is 20.9 Å². The lowest BCUT2D eigenvalue weighted by Gasteiger charge is -2.34. The monoisotopic (exact) mass is 855 g/mol. The van der Waals surface area contributed by atoms with Gasteiger partial charge in [-0.3, -0.25) is 0 Å². The molecular weight excluding hydrogens is 774 g/mol. The van der Waals surface area contributed by atoms with Crippen LogP contribution in [0, 0.1) is 0 Å². The highest BCUT2D eigenvalue weighted by atomic mass is 32.1. The highest BCUT2D eigenvalue weighted by Crippen LogP contribution is 2.63. The maximum Gasteiger partial charge on any atom is 0.505 e. The van der Waals surface area contributed by atoms with Crippen molar-refractivity contribution in [3.63, 3.8) is 0 Å². The van der Waals surface area contributed by atoms with E-state index in [1.54, 1.807) is 22.3 Å². The van der Waals surface area contributed by atoms with Crippen LogP contribution in [0.3, 0.4) is 0 Å². The summed E-state index contributed by atoms with van der Waals surface area (Å²) in [5.74, 6) is 0. The zero-order chi connectivity index (χ0) is 43.1. The van der Waals surface area contributed by atoms with E-state index in [2.05, 4.69) is 107 Å². The summed E-state index contributed by atoms with van der Waals surface area (Å²) in [5, 5.41) is 0. The summed E-state index contributed by atoms with van der Waals surface area (Å²) in [6.45, 7) is 26.9. The Morgan fingerprint density at radius 3 is 0.933 bits per heavy atom. The van der Waals surface area contributed by atoms with Crippen LogP contribution in [-0.4, -0.2) is 36.6 Å². The predicted octanol–water partition coefficient (Wildman–Crippen LogP) is 14.8. The van der Waals surface area contributed by atoms with Crippen LogP contribution in [0.2, 0.25) is 0 Å². The smallest absolute Gasteiger partial charge is 0.399 e. The lowest BCUT2D eigenvalue weighted by molar-refractivity contribution is 0.00578. The quantitative estimate of drug-likeness (QED) is 0.0745. The molecule has 8 heteroatoms. The first-order valence-corrected chi connectivity index (χ1v) is 26.3. The van der Waals surface area contributed by atoms with E-state index in [9.17, 15) is 0 Å². The van der Waals surface area contributed by atoms with Crippen LogP contribution in [0.25, 0.3) is 20.9 Å². The fourth-order valence-electron chi connectivity index (χ4n) is 10.9. The molecule has 2 saturated heterocycles. The van der Waals surface area contributed by atoms with Crippen LogP contribution in [0.1, 0.15) is 234 Å². The van der Waals surface area contributed by atoms with E-state index in [4.69, 9.17) is 18.6 Å². The summed E-state index contributed by atoms with van der Waals surface area (Å²) in [6.07, 6.45) is 25.3. The Balaban J connectivity index is 1.42. The van der Waals surface area contributed by atoms with Gasteiger partial charge in [-0.05, 0) is 139 Å². The number of benzene rings is 1. The topological polar surface area (TPSA) is 36.9 Å². The standard InChI is InChI=1S/C52H80B2O4S2/c1-13-17-21-25-29-51(30-26-22-18-14-2)39-33-38-40(34-37(39)45-41(51)35-43(59-45)53-55-47(5,6)48(7,8)56-53)52(31-27-23-19-15-3,32-28-24-20-16-4)42-36-44(60-46(38)42)54-57-49(9,10)50(11,12)58-54/h33-36H,13-32H2,1-12H3. The molecule has 7 rings (SSSR count). The summed E-state index contributed by atoms with van der Waals surface area (Å²) in [5.41, 5.74) is 7.83. The first-order valence-electron chi connectivity index (χ1n) is 24.7. The minimum atomic E-state index is -0.367. The van der Waals surface area contributed by atoms with Gasteiger partial charge < -0.3 is 18.6 Å². The molecule has 0 amide bonds.